The van der Waals surface area contributed by atoms with Crippen LogP contribution in [-0.2, 0) is 0 Å². The second-order valence-electron chi connectivity index (χ2n) is 2.81. The third kappa shape index (κ3) is 2.42. The molecule has 0 aromatic heterocycles. The highest BCUT2D eigenvalue weighted by Crippen LogP contribution is 2.12. The molecule has 0 spiro atoms. The zero-order chi connectivity index (χ0) is 8.81. The summed E-state index contributed by atoms with van der Waals surface area (Å²) in [6, 6.07) is 0. The van der Waals surface area contributed by atoms with Gasteiger partial charge in [-0.2, -0.15) is 0 Å². The molecule has 0 aromatic carbocycles. The van der Waals surface area contributed by atoms with Crippen molar-refractivity contribution in [1.29, 1.82) is 0 Å². The van der Waals surface area contributed by atoms with Crippen LogP contribution in [0, 0.1) is 0 Å². The van der Waals surface area contributed by atoms with E-state index in [0.717, 1.165) is 19.3 Å². The molecule has 0 radical (unpaired) electrons. The third-order valence-electron chi connectivity index (χ3n) is 1.78. The highest BCUT2D eigenvalue weighted by Gasteiger charge is 2.01. The minimum absolute atomic E-state index is 0.925. The van der Waals surface area contributed by atoms with Crippen molar-refractivity contribution >= 4 is 0 Å². The maximum atomic E-state index is 3.71. The van der Waals surface area contributed by atoms with Gasteiger partial charge in [0.05, 0.1) is 0 Å². The second kappa shape index (κ2) is 4.60. The molecular weight excluding hydrogens is 146 g/mol. The van der Waals surface area contributed by atoms with Crippen LogP contribution in [0.5, 0.6) is 0 Å². The zero-order valence-electron chi connectivity index (χ0n) is 7.34. The summed E-state index contributed by atoms with van der Waals surface area (Å²) in [4.78, 5) is 0. The van der Waals surface area contributed by atoms with E-state index < -0.39 is 0 Å². The first kappa shape index (κ1) is 8.85. The summed E-state index contributed by atoms with van der Waals surface area (Å²) in [6.45, 7) is 7.41. The molecule has 1 N–H and O–H groups in total. The SMILES string of the molecule is C=CCC1=CCC=C(CC=C)N1. The molecule has 12 heavy (non-hydrogen) atoms. The maximum absolute atomic E-state index is 3.71. The molecule has 0 unspecified atom stereocenters. The summed E-state index contributed by atoms with van der Waals surface area (Å²) in [5, 5.41) is 3.34. The summed E-state index contributed by atoms with van der Waals surface area (Å²) >= 11 is 0. The van der Waals surface area contributed by atoms with Crippen LogP contribution < -0.4 is 5.32 Å². The minimum Gasteiger partial charge on any atom is -0.362 e. The van der Waals surface area contributed by atoms with Crippen LogP contribution in [0.3, 0.4) is 0 Å². The van der Waals surface area contributed by atoms with E-state index in [2.05, 4.69) is 30.6 Å². The molecule has 0 saturated heterocycles. The molecule has 0 fully saturated rings. The average Bonchev–Trinajstić information content (AvgIpc) is 2.06. The van der Waals surface area contributed by atoms with Gasteiger partial charge in [0.15, 0.2) is 0 Å². The summed E-state index contributed by atoms with van der Waals surface area (Å²) in [6.07, 6.45) is 11.1. The fourth-order valence-corrected chi connectivity index (χ4v) is 1.23. The van der Waals surface area contributed by atoms with E-state index in [4.69, 9.17) is 0 Å². The Morgan fingerprint density at radius 2 is 1.67 bits per heavy atom. The van der Waals surface area contributed by atoms with Gasteiger partial charge in [0.1, 0.15) is 0 Å². The first-order valence-corrected chi connectivity index (χ1v) is 4.23. The van der Waals surface area contributed by atoms with Gasteiger partial charge in [-0.15, -0.1) is 13.2 Å². The predicted octanol–water partition coefficient (Wildman–Crippen LogP) is 2.90. The minimum atomic E-state index is 0.925. The second-order valence-corrected chi connectivity index (χ2v) is 2.81. The number of dihydropyridines is 1. The van der Waals surface area contributed by atoms with Crippen molar-refractivity contribution in [2.24, 2.45) is 0 Å². The number of hydrogen-bond acceptors (Lipinski definition) is 1. The summed E-state index contributed by atoms with van der Waals surface area (Å²) < 4.78 is 0. The van der Waals surface area contributed by atoms with Crippen molar-refractivity contribution in [3.8, 4) is 0 Å². The van der Waals surface area contributed by atoms with Crippen LogP contribution in [0.2, 0.25) is 0 Å². The number of nitrogens with one attached hydrogen (secondary N) is 1. The standard InChI is InChI=1S/C11H15N/c1-3-6-10-8-5-9-11(12-10)7-4-2/h3-4,8-9,12H,1-2,5-7H2. The lowest BCUT2D eigenvalue weighted by Gasteiger charge is -2.15. The van der Waals surface area contributed by atoms with Gasteiger partial charge < -0.3 is 5.32 Å². The predicted molar refractivity (Wildman–Crippen MR) is 53.5 cm³/mol. The van der Waals surface area contributed by atoms with Crippen molar-refractivity contribution in [3.63, 3.8) is 0 Å². The third-order valence-corrected chi connectivity index (χ3v) is 1.78. The van der Waals surface area contributed by atoms with Crippen LogP contribution >= 0.6 is 0 Å². The van der Waals surface area contributed by atoms with Gasteiger partial charge >= 0.3 is 0 Å². The highest BCUT2D eigenvalue weighted by molar-refractivity contribution is 5.21. The lowest BCUT2D eigenvalue weighted by molar-refractivity contribution is 0.853. The molecule has 1 nitrogen and oxygen atoms in total. The average molecular weight is 161 g/mol. The van der Waals surface area contributed by atoms with E-state index in [1.54, 1.807) is 0 Å². The van der Waals surface area contributed by atoms with Gasteiger partial charge in [0.2, 0.25) is 0 Å². The maximum Gasteiger partial charge on any atom is 0.0149 e. The molecule has 1 heteroatoms. The van der Waals surface area contributed by atoms with Crippen molar-refractivity contribution in [3.05, 3.63) is 48.9 Å². The van der Waals surface area contributed by atoms with Gasteiger partial charge in [0, 0.05) is 24.2 Å². The monoisotopic (exact) mass is 161 g/mol. The van der Waals surface area contributed by atoms with Crippen LogP contribution in [0.1, 0.15) is 19.3 Å². The van der Waals surface area contributed by atoms with Gasteiger partial charge in [-0.25, -0.2) is 0 Å². The molecule has 0 saturated carbocycles. The molecule has 64 valence electrons. The molecule has 1 rings (SSSR count). The molecule has 0 amide bonds. The summed E-state index contributed by atoms with van der Waals surface area (Å²) in [5.41, 5.74) is 2.51. The molecule has 0 aromatic rings. The quantitative estimate of drug-likeness (QED) is 0.625. The Morgan fingerprint density at radius 1 is 1.17 bits per heavy atom. The van der Waals surface area contributed by atoms with Crippen LogP contribution in [-0.4, -0.2) is 0 Å². The fraction of sp³-hybridized carbons (Fsp3) is 0.273. The Morgan fingerprint density at radius 3 is 2.08 bits per heavy atom. The lowest BCUT2D eigenvalue weighted by atomic mass is 10.1. The Balaban J connectivity index is 2.47. The van der Waals surface area contributed by atoms with E-state index in [-0.39, 0.29) is 0 Å². The number of allylic oxidation sites excluding steroid dienone is 4. The smallest absolute Gasteiger partial charge is 0.0149 e. The highest BCUT2D eigenvalue weighted by atomic mass is 14.9. The first-order chi connectivity index (χ1) is 5.86. The fourth-order valence-electron chi connectivity index (χ4n) is 1.23. The van der Waals surface area contributed by atoms with Gasteiger partial charge in [-0.1, -0.05) is 24.3 Å². The van der Waals surface area contributed by atoms with Crippen LogP contribution in [0.25, 0.3) is 0 Å². The molecule has 1 aliphatic rings. The summed E-state index contributed by atoms with van der Waals surface area (Å²) in [7, 11) is 0. The summed E-state index contributed by atoms with van der Waals surface area (Å²) in [5.74, 6) is 0. The van der Waals surface area contributed by atoms with Crippen molar-refractivity contribution in [2.75, 3.05) is 0 Å². The van der Waals surface area contributed by atoms with Gasteiger partial charge in [0.25, 0.3) is 0 Å². The van der Waals surface area contributed by atoms with E-state index in [1.165, 1.54) is 11.4 Å². The normalized spacial score (nSPS) is 15.7. The Hall–Kier alpha value is -1.24. The number of hydrogen-bond donors (Lipinski definition) is 1. The Kier molecular flexibility index (Phi) is 3.39. The Bertz CT molecular complexity index is 209. The lowest BCUT2D eigenvalue weighted by Crippen LogP contribution is -2.14. The van der Waals surface area contributed by atoms with Crippen LogP contribution in [0.15, 0.2) is 48.9 Å². The molecule has 0 aliphatic carbocycles. The number of rotatable bonds is 4. The first-order valence-electron chi connectivity index (χ1n) is 4.23. The molecule has 0 bridgehead atoms. The zero-order valence-corrected chi connectivity index (χ0v) is 7.34. The van der Waals surface area contributed by atoms with E-state index in [1.807, 2.05) is 12.2 Å². The topological polar surface area (TPSA) is 12.0 Å². The van der Waals surface area contributed by atoms with E-state index in [0.29, 0.717) is 0 Å². The van der Waals surface area contributed by atoms with Crippen molar-refractivity contribution in [2.45, 2.75) is 19.3 Å². The van der Waals surface area contributed by atoms with E-state index in [9.17, 15) is 0 Å². The Labute approximate surface area is 74.2 Å². The van der Waals surface area contributed by atoms with Crippen LogP contribution in [0.4, 0.5) is 0 Å². The van der Waals surface area contributed by atoms with Crippen molar-refractivity contribution < 1.29 is 0 Å². The van der Waals surface area contributed by atoms with E-state index >= 15 is 0 Å². The van der Waals surface area contributed by atoms with Gasteiger partial charge in [-0.05, 0) is 6.42 Å². The molecule has 0 atom stereocenters. The van der Waals surface area contributed by atoms with Gasteiger partial charge in [-0.3, -0.25) is 0 Å². The molecular formula is C11H15N. The van der Waals surface area contributed by atoms with Crippen molar-refractivity contribution in [1.82, 2.24) is 5.32 Å². The molecule has 1 aliphatic heterocycles. The molecule has 1 heterocycles. The largest absolute Gasteiger partial charge is 0.362 e.